The molecule has 3 heterocycles. The number of aromatic nitrogens is 3. The monoisotopic (exact) mass is 224 g/mol. The summed E-state index contributed by atoms with van der Waals surface area (Å²) in [6.45, 7) is 0.540. The summed E-state index contributed by atoms with van der Waals surface area (Å²) in [7, 11) is 0. The van der Waals surface area contributed by atoms with E-state index < -0.39 is 0 Å². The van der Waals surface area contributed by atoms with Gasteiger partial charge in [0.25, 0.3) is 0 Å². The van der Waals surface area contributed by atoms with Gasteiger partial charge in [-0.15, -0.1) is 0 Å². The Morgan fingerprint density at radius 1 is 1.06 bits per heavy atom. The summed E-state index contributed by atoms with van der Waals surface area (Å²) in [5.41, 5.74) is 9.65. The van der Waals surface area contributed by atoms with Gasteiger partial charge in [0, 0.05) is 36.9 Å². The summed E-state index contributed by atoms with van der Waals surface area (Å²) in [5, 5.41) is 0. The predicted octanol–water partition coefficient (Wildman–Crippen LogP) is 1.85. The van der Waals surface area contributed by atoms with Crippen molar-refractivity contribution >= 4 is 5.65 Å². The Hall–Kier alpha value is -2.20. The van der Waals surface area contributed by atoms with E-state index >= 15 is 0 Å². The van der Waals surface area contributed by atoms with Gasteiger partial charge in [0.1, 0.15) is 5.65 Å². The Balaban J connectivity index is 2.14. The molecule has 3 aromatic heterocycles. The molecule has 4 nitrogen and oxygen atoms in total. The number of fused-ring (bicyclic) bond motifs is 1. The first kappa shape index (κ1) is 9.99. The molecule has 3 aromatic rings. The summed E-state index contributed by atoms with van der Waals surface area (Å²) >= 11 is 0. The van der Waals surface area contributed by atoms with Gasteiger partial charge in [0.2, 0.25) is 0 Å². The molecule has 2 N–H and O–H groups in total. The minimum atomic E-state index is 0.540. The van der Waals surface area contributed by atoms with E-state index in [1.165, 1.54) is 0 Å². The summed E-state index contributed by atoms with van der Waals surface area (Å²) in [6, 6.07) is 7.88. The molecule has 0 saturated carbocycles. The highest BCUT2D eigenvalue weighted by Crippen LogP contribution is 2.18. The van der Waals surface area contributed by atoms with Crippen molar-refractivity contribution in [3.05, 3.63) is 54.6 Å². The van der Waals surface area contributed by atoms with Crippen LogP contribution in [0, 0.1) is 0 Å². The summed E-state index contributed by atoms with van der Waals surface area (Å²) in [5.74, 6) is 0. The number of nitrogens with two attached hydrogens (primary N) is 1. The number of hydrogen-bond donors (Lipinski definition) is 1. The summed E-state index contributed by atoms with van der Waals surface area (Å²) in [6.07, 6.45) is 7.55. The summed E-state index contributed by atoms with van der Waals surface area (Å²) in [4.78, 5) is 8.55. The molecule has 0 unspecified atom stereocenters. The molecule has 0 amide bonds. The number of hydrogen-bond acceptors (Lipinski definition) is 3. The van der Waals surface area contributed by atoms with Crippen LogP contribution in [0.4, 0.5) is 0 Å². The van der Waals surface area contributed by atoms with Crippen LogP contribution in [0.5, 0.6) is 0 Å². The Labute approximate surface area is 98.8 Å². The molecule has 84 valence electrons. The van der Waals surface area contributed by atoms with Crippen molar-refractivity contribution in [1.29, 1.82) is 0 Å². The Kier molecular flexibility index (Phi) is 2.34. The predicted molar refractivity (Wildman–Crippen MR) is 66.3 cm³/mol. The molecule has 0 spiro atoms. The van der Waals surface area contributed by atoms with Crippen molar-refractivity contribution in [1.82, 2.24) is 14.4 Å². The Morgan fingerprint density at radius 2 is 1.88 bits per heavy atom. The Morgan fingerprint density at radius 3 is 2.65 bits per heavy atom. The van der Waals surface area contributed by atoms with Crippen LogP contribution in [0.15, 0.2) is 49.1 Å². The fourth-order valence-corrected chi connectivity index (χ4v) is 1.82. The van der Waals surface area contributed by atoms with Crippen LogP contribution >= 0.6 is 0 Å². The zero-order valence-corrected chi connectivity index (χ0v) is 9.24. The number of nitrogens with zero attached hydrogens (tertiary/aromatic N) is 3. The van der Waals surface area contributed by atoms with Crippen LogP contribution in [0.2, 0.25) is 0 Å². The van der Waals surface area contributed by atoms with E-state index in [0.717, 1.165) is 22.5 Å². The highest BCUT2D eigenvalue weighted by atomic mass is 15.0. The first-order valence-corrected chi connectivity index (χ1v) is 5.45. The second-order valence-corrected chi connectivity index (χ2v) is 3.87. The van der Waals surface area contributed by atoms with Crippen molar-refractivity contribution in [2.45, 2.75) is 6.54 Å². The minimum Gasteiger partial charge on any atom is -0.326 e. The molecule has 3 rings (SSSR count). The zero-order chi connectivity index (χ0) is 11.7. The molecule has 0 bridgehead atoms. The molecule has 0 saturated heterocycles. The van der Waals surface area contributed by atoms with E-state index in [4.69, 9.17) is 5.73 Å². The zero-order valence-electron chi connectivity index (χ0n) is 9.24. The van der Waals surface area contributed by atoms with Crippen molar-refractivity contribution in [3.63, 3.8) is 0 Å². The fourth-order valence-electron chi connectivity index (χ4n) is 1.82. The fraction of sp³-hybridized carbons (Fsp3) is 0.0769. The number of rotatable bonds is 2. The van der Waals surface area contributed by atoms with Crippen LogP contribution < -0.4 is 5.73 Å². The van der Waals surface area contributed by atoms with Crippen molar-refractivity contribution in [2.24, 2.45) is 5.73 Å². The molecule has 17 heavy (non-hydrogen) atoms. The van der Waals surface area contributed by atoms with Gasteiger partial charge in [-0.3, -0.25) is 4.98 Å². The lowest BCUT2D eigenvalue weighted by Gasteiger charge is -1.96. The van der Waals surface area contributed by atoms with E-state index in [2.05, 4.69) is 9.97 Å². The van der Waals surface area contributed by atoms with Crippen LogP contribution in [-0.4, -0.2) is 14.4 Å². The molecule has 0 aliphatic rings. The van der Waals surface area contributed by atoms with E-state index in [1.807, 2.05) is 41.1 Å². The third kappa shape index (κ3) is 1.79. The topological polar surface area (TPSA) is 56.2 Å². The second kappa shape index (κ2) is 3.99. The van der Waals surface area contributed by atoms with E-state index in [1.54, 1.807) is 12.4 Å². The largest absolute Gasteiger partial charge is 0.326 e. The van der Waals surface area contributed by atoms with Crippen molar-refractivity contribution in [3.8, 4) is 11.3 Å². The quantitative estimate of drug-likeness (QED) is 0.722. The summed E-state index contributed by atoms with van der Waals surface area (Å²) < 4.78 is 2.00. The standard InChI is InChI=1S/C13H12N4/c14-7-10-1-2-13-16-12(9-17(13)8-10)11-3-5-15-6-4-11/h1-6,8-9H,7,14H2. The molecule has 0 atom stereocenters. The average molecular weight is 224 g/mol. The van der Waals surface area contributed by atoms with Gasteiger partial charge in [-0.2, -0.15) is 0 Å². The molecule has 0 aliphatic carbocycles. The lowest BCUT2D eigenvalue weighted by Crippen LogP contribution is -1.97. The maximum atomic E-state index is 5.62. The van der Waals surface area contributed by atoms with Gasteiger partial charge >= 0.3 is 0 Å². The van der Waals surface area contributed by atoms with E-state index in [9.17, 15) is 0 Å². The molecule has 0 aromatic carbocycles. The van der Waals surface area contributed by atoms with Crippen LogP contribution in [0.25, 0.3) is 16.9 Å². The third-order valence-corrected chi connectivity index (χ3v) is 2.72. The maximum absolute atomic E-state index is 5.62. The number of imidazole rings is 1. The Bertz CT molecular complexity index is 643. The van der Waals surface area contributed by atoms with Crippen molar-refractivity contribution in [2.75, 3.05) is 0 Å². The van der Waals surface area contributed by atoms with Crippen LogP contribution in [0.3, 0.4) is 0 Å². The van der Waals surface area contributed by atoms with Gasteiger partial charge in [-0.05, 0) is 23.8 Å². The molecular weight excluding hydrogens is 212 g/mol. The molecular formula is C13H12N4. The highest BCUT2D eigenvalue weighted by Gasteiger charge is 2.03. The highest BCUT2D eigenvalue weighted by molar-refractivity contribution is 5.62. The first-order valence-electron chi connectivity index (χ1n) is 5.45. The SMILES string of the molecule is NCc1ccc2nc(-c3ccncc3)cn2c1. The van der Waals surface area contributed by atoms with Gasteiger partial charge in [0.15, 0.2) is 0 Å². The molecule has 0 fully saturated rings. The van der Waals surface area contributed by atoms with Crippen molar-refractivity contribution < 1.29 is 0 Å². The van der Waals surface area contributed by atoms with Crippen LogP contribution in [-0.2, 0) is 6.54 Å². The normalized spacial score (nSPS) is 10.9. The molecule has 0 radical (unpaired) electrons. The van der Waals surface area contributed by atoms with Crippen LogP contribution in [0.1, 0.15) is 5.56 Å². The van der Waals surface area contributed by atoms with Gasteiger partial charge in [-0.25, -0.2) is 4.98 Å². The van der Waals surface area contributed by atoms with Gasteiger partial charge in [0.05, 0.1) is 5.69 Å². The van der Waals surface area contributed by atoms with E-state index in [-0.39, 0.29) is 0 Å². The second-order valence-electron chi connectivity index (χ2n) is 3.87. The smallest absolute Gasteiger partial charge is 0.137 e. The van der Waals surface area contributed by atoms with E-state index in [0.29, 0.717) is 6.54 Å². The average Bonchev–Trinajstić information content (AvgIpc) is 2.82. The third-order valence-electron chi connectivity index (χ3n) is 2.72. The first-order chi connectivity index (χ1) is 8.36. The van der Waals surface area contributed by atoms with Gasteiger partial charge < -0.3 is 10.1 Å². The number of pyridine rings is 2. The minimum absolute atomic E-state index is 0.540. The maximum Gasteiger partial charge on any atom is 0.137 e. The molecule has 4 heteroatoms. The lowest BCUT2D eigenvalue weighted by molar-refractivity contribution is 1.03. The molecule has 0 aliphatic heterocycles. The van der Waals surface area contributed by atoms with Gasteiger partial charge in [-0.1, -0.05) is 6.07 Å². The lowest BCUT2D eigenvalue weighted by atomic mass is 10.2.